The molecule has 0 unspecified atom stereocenters. The Labute approximate surface area is 136 Å². The summed E-state index contributed by atoms with van der Waals surface area (Å²) in [5.74, 6) is 0. The summed E-state index contributed by atoms with van der Waals surface area (Å²) < 4.78 is 3.79. The van der Waals surface area contributed by atoms with Gasteiger partial charge in [-0.25, -0.2) is 0 Å². The maximum absolute atomic E-state index is 2.38. The molecule has 2 heteroatoms. The molecule has 3 aromatic rings. The third-order valence-corrected chi connectivity index (χ3v) is 5.13. The molecule has 20 heavy (non-hydrogen) atoms. The Balaban J connectivity index is 2.14. The number of hydrogen-bond donors (Lipinski definition) is 0. The Hall–Kier alpha value is -1.10. The fourth-order valence-electron chi connectivity index (χ4n) is 2.54. The van der Waals surface area contributed by atoms with Crippen molar-refractivity contribution in [1.29, 1.82) is 0 Å². The predicted molar refractivity (Wildman–Crippen MR) is 87.4 cm³/mol. The molecule has 0 spiro atoms. The zero-order valence-electron chi connectivity index (χ0n) is 12.1. The molecule has 2 aromatic carbocycles. The summed E-state index contributed by atoms with van der Waals surface area (Å²) in [6.45, 7) is 6.77. The summed E-state index contributed by atoms with van der Waals surface area (Å²) in [6.07, 6.45) is 0. The monoisotopic (exact) mass is 456 g/mol. The van der Waals surface area contributed by atoms with Gasteiger partial charge < -0.3 is 0 Å². The van der Waals surface area contributed by atoms with E-state index in [1.807, 2.05) is 0 Å². The van der Waals surface area contributed by atoms with Gasteiger partial charge >= 0.3 is 137 Å². The Bertz CT molecular complexity index is 745. The van der Waals surface area contributed by atoms with E-state index < -0.39 is 0 Å². The molecule has 0 aliphatic heterocycles. The summed E-state index contributed by atoms with van der Waals surface area (Å²) in [4.78, 5) is 0. The van der Waals surface area contributed by atoms with Crippen LogP contribution in [-0.2, 0) is 5.41 Å². The van der Waals surface area contributed by atoms with Crippen LogP contribution in [-0.4, -0.2) is 30.3 Å². The molecular formula is C18H18NPb. The second-order valence-corrected chi connectivity index (χ2v) is 8.21. The van der Waals surface area contributed by atoms with Gasteiger partial charge in [-0.2, -0.15) is 0 Å². The van der Waals surface area contributed by atoms with Gasteiger partial charge in [0.15, 0.2) is 0 Å². The molecule has 0 saturated carbocycles. The first-order valence-electron chi connectivity index (χ1n) is 6.90. The van der Waals surface area contributed by atoms with Crippen LogP contribution in [0.15, 0.2) is 54.6 Å². The van der Waals surface area contributed by atoms with E-state index >= 15 is 0 Å². The van der Waals surface area contributed by atoms with Gasteiger partial charge in [0.1, 0.15) is 0 Å². The molecule has 1 heterocycles. The third-order valence-electron chi connectivity index (χ3n) is 3.70. The van der Waals surface area contributed by atoms with Crippen LogP contribution in [0.25, 0.3) is 16.6 Å². The zero-order valence-corrected chi connectivity index (χ0v) is 16.0. The topological polar surface area (TPSA) is 4.93 Å². The van der Waals surface area contributed by atoms with E-state index in [2.05, 4.69) is 79.9 Å². The van der Waals surface area contributed by atoms with E-state index in [4.69, 9.17) is 0 Å². The van der Waals surface area contributed by atoms with E-state index in [-0.39, 0.29) is 5.41 Å². The fraction of sp³-hybridized carbons (Fsp3) is 0.222. The second kappa shape index (κ2) is 5.03. The van der Waals surface area contributed by atoms with Gasteiger partial charge in [-0.1, -0.05) is 0 Å². The molecule has 3 rings (SSSR count). The van der Waals surface area contributed by atoms with Crippen molar-refractivity contribution in [3.8, 4) is 5.69 Å². The first-order valence-corrected chi connectivity index (χ1v) is 8.84. The Morgan fingerprint density at radius 1 is 0.900 bits per heavy atom. The zero-order chi connectivity index (χ0) is 14.3. The number of para-hydroxylation sites is 1. The Morgan fingerprint density at radius 2 is 1.55 bits per heavy atom. The summed E-state index contributed by atoms with van der Waals surface area (Å²) >= 11 is 1.05. The van der Waals surface area contributed by atoms with Crippen LogP contribution in [0.1, 0.15) is 26.3 Å². The van der Waals surface area contributed by atoms with E-state index in [0.717, 1.165) is 25.8 Å². The van der Waals surface area contributed by atoms with Crippen molar-refractivity contribution >= 4 is 39.9 Å². The summed E-state index contributed by atoms with van der Waals surface area (Å²) in [6, 6.07) is 19.9. The molecule has 0 fully saturated rings. The van der Waals surface area contributed by atoms with Crippen molar-refractivity contribution in [1.82, 2.24) is 4.57 Å². The minimum absolute atomic E-state index is 0.209. The van der Waals surface area contributed by atoms with Crippen LogP contribution >= 0.6 is 0 Å². The van der Waals surface area contributed by atoms with Crippen molar-refractivity contribution in [2.24, 2.45) is 0 Å². The molecule has 1 aromatic heterocycles. The second-order valence-electron chi connectivity index (χ2n) is 6.22. The minimum atomic E-state index is 0.209. The van der Waals surface area contributed by atoms with Crippen molar-refractivity contribution in [2.45, 2.75) is 26.2 Å². The number of hydrogen-bond acceptors (Lipinski definition) is 0. The van der Waals surface area contributed by atoms with Crippen LogP contribution in [0, 0.1) is 0 Å². The van der Waals surface area contributed by atoms with Crippen LogP contribution < -0.4 is 3.25 Å². The summed E-state index contributed by atoms with van der Waals surface area (Å²) in [5.41, 5.74) is 4.17. The molecule has 0 aliphatic carbocycles. The van der Waals surface area contributed by atoms with Gasteiger partial charge in [0.25, 0.3) is 0 Å². The van der Waals surface area contributed by atoms with E-state index in [1.165, 1.54) is 25.4 Å². The number of rotatable bonds is 1. The van der Waals surface area contributed by atoms with Crippen LogP contribution in [0.2, 0.25) is 0 Å². The van der Waals surface area contributed by atoms with Gasteiger partial charge in [-0.15, -0.1) is 0 Å². The molecule has 0 amide bonds. The molecular weight excluding hydrogens is 437 g/mol. The van der Waals surface area contributed by atoms with E-state index in [1.54, 1.807) is 0 Å². The van der Waals surface area contributed by atoms with Crippen molar-refractivity contribution in [2.75, 3.05) is 0 Å². The number of aromatic nitrogens is 1. The summed E-state index contributed by atoms with van der Waals surface area (Å²) in [7, 11) is 0. The molecule has 0 saturated heterocycles. The maximum atomic E-state index is 2.38. The standard InChI is InChI=1S/C18H18N.Pb/c1-18(2,3)15-8-10-16(11-9-15)19-13-12-14-6-4-5-7-17(14)19;/h4-12H,1-3H3;. The van der Waals surface area contributed by atoms with Crippen LogP contribution in [0.3, 0.4) is 0 Å². The molecule has 0 N–H and O–H groups in total. The Kier molecular flexibility index (Phi) is 3.48. The molecule has 0 aliphatic rings. The van der Waals surface area contributed by atoms with Gasteiger partial charge in [-0.3, -0.25) is 0 Å². The first kappa shape index (κ1) is 13.9. The van der Waals surface area contributed by atoms with Crippen molar-refractivity contribution in [3.05, 3.63) is 60.2 Å². The average molecular weight is 456 g/mol. The average Bonchev–Trinajstić information content (AvgIpc) is 2.73. The van der Waals surface area contributed by atoms with Gasteiger partial charge in [0.05, 0.1) is 0 Å². The van der Waals surface area contributed by atoms with Crippen LogP contribution in [0.4, 0.5) is 0 Å². The molecule has 3 radical (unpaired) electrons. The molecule has 1 nitrogen and oxygen atoms in total. The van der Waals surface area contributed by atoms with Crippen LogP contribution in [0.5, 0.6) is 0 Å². The van der Waals surface area contributed by atoms with Gasteiger partial charge in [0.2, 0.25) is 0 Å². The normalized spacial score (nSPS) is 12.0. The molecule has 0 bridgehead atoms. The molecule has 99 valence electrons. The number of fused-ring (bicyclic) bond motifs is 1. The van der Waals surface area contributed by atoms with E-state index in [0.29, 0.717) is 0 Å². The number of benzene rings is 2. The summed E-state index contributed by atoms with van der Waals surface area (Å²) in [5, 5.41) is 1.33. The predicted octanol–water partition coefficient (Wildman–Crippen LogP) is 3.72. The fourth-order valence-corrected chi connectivity index (χ4v) is 4.12. The quantitative estimate of drug-likeness (QED) is 0.493. The number of nitrogens with zero attached hydrogens (tertiary/aromatic N) is 1. The van der Waals surface area contributed by atoms with Gasteiger partial charge in [-0.05, 0) is 0 Å². The van der Waals surface area contributed by atoms with Crippen molar-refractivity contribution in [3.63, 3.8) is 0 Å². The van der Waals surface area contributed by atoms with Crippen molar-refractivity contribution < 1.29 is 0 Å². The molecule has 0 atom stereocenters. The first-order chi connectivity index (χ1) is 9.47. The van der Waals surface area contributed by atoms with E-state index in [9.17, 15) is 0 Å². The Morgan fingerprint density at radius 3 is 2.20 bits per heavy atom. The van der Waals surface area contributed by atoms with Gasteiger partial charge in [0, 0.05) is 0 Å². The SMILES string of the molecule is CC(C)(C)c1ccc(-n2[c]([Pb])cc3ccccc32)cc1. The third kappa shape index (κ3) is 2.43.